The molecule has 1 saturated heterocycles. The van der Waals surface area contributed by atoms with Gasteiger partial charge in [0.2, 0.25) is 0 Å². The fourth-order valence-electron chi connectivity index (χ4n) is 2.38. The predicted octanol–water partition coefficient (Wildman–Crippen LogP) is 0.662. The first kappa shape index (κ1) is 12.3. The zero-order valence-electron chi connectivity index (χ0n) is 10.2. The van der Waals surface area contributed by atoms with Gasteiger partial charge in [0.1, 0.15) is 0 Å². The minimum Gasteiger partial charge on any atom is -0.481 e. The quantitative estimate of drug-likeness (QED) is 0.893. The van der Waals surface area contributed by atoms with E-state index in [1.165, 1.54) is 21.8 Å². The molecule has 3 rings (SSSR count). The van der Waals surface area contributed by atoms with Crippen molar-refractivity contribution in [2.45, 2.75) is 13.0 Å². The topological polar surface area (TPSA) is 74.9 Å². The lowest BCUT2D eigenvalue weighted by molar-refractivity contribution is -0.141. The summed E-state index contributed by atoms with van der Waals surface area (Å²) in [6.45, 7) is 1.80. The predicted molar refractivity (Wildman–Crippen MR) is 70.4 cm³/mol. The lowest BCUT2D eigenvalue weighted by Crippen LogP contribution is -2.24. The maximum absolute atomic E-state index is 11.8. The van der Waals surface area contributed by atoms with Crippen LogP contribution >= 0.6 is 11.3 Å². The van der Waals surface area contributed by atoms with Gasteiger partial charge in [-0.15, -0.1) is 11.3 Å². The molecule has 0 amide bonds. The molecule has 7 heteroatoms. The summed E-state index contributed by atoms with van der Waals surface area (Å²) < 4.78 is 1.51. The first-order chi connectivity index (χ1) is 9.13. The standard InChI is InChI=1S/C12H13N3O3S/c16-10-5-9(13-12-15(10)3-4-19-12)7-14-2-1-8(6-14)11(17)18/h3-5,8H,1-2,6-7H2,(H,17,18). The molecule has 1 aliphatic rings. The number of hydrogen-bond acceptors (Lipinski definition) is 5. The molecule has 100 valence electrons. The number of carboxylic acids is 1. The average Bonchev–Trinajstić information content (AvgIpc) is 2.97. The molecule has 1 N–H and O–H groups in total. The number of fused-ring (bicyclic) bond motifs is 1. The summed E-state index contributed by atoms with van der Waals surface area (Å²) >= 11 is 1.42. The van der Waals surface area contributed by atoms with Gasteiger partial charge in [0.15, 0.2) is 4.96 Å². The molecule has 0 bridgehead atoms. The van der Waals surface area contributed by atoms with Crippen LogP contribution in [-0.4, -0.2) is 38.4 Å². The fourth-order valence-corrected chi connectivity index (χ4v) is 3.11. The van der Waals surface area contributed by atoms with Gasteiger partial charge in [-0.1, -0.05) is 0 Å². The van der Waals surface area contributed by atoms with Gasteiger partial charge in [-0.05, 0) is 13.0 Å². The summed E-state index contributed by atoms with van der Waals surface area (Å²) in [6.07, 6.45) is 2.37. The van der Waals surface area contributed by atoms with E-state index in [-0.39, 0.29) is 11.5 Å². The van der Waals surface area contributed by atoms with Crippen molar-refractivity contribution in [2.75, 3.05) is 13.1 Å². The second-order valence-electron chi connectivity index (χ2n) is 4.70. The van der Waals surface area contributed by atoms with Crippen LogP contribution in [0, 0.1) is 5.92 Å². The van der Waals surface area contributed by atoms with Gasteiger partial charge in [0, 0.05) is 30.7 Å². The molecular weight excluding hydrogens is 266 g/mol. The summed E-state index contributed by atoms with van der Waals surface area (Å²) in [5, 5.41) is 10.8. The van der Waals surface area contributed by atoms with Crippen LogP contribution in [0.1, 0.15) is 12.1 Å². The highest BCUT2D eigenvalue weighted by Crippen LogP contribution is 2.18. The van der Waals surface area contributed by atoms with Gasteiger partial charge >= 0.3 is 5.97 Å². The van der Waals surface area contributed by atoms with Crippen LogP contribution in [0.3, 0.4) is 0 Å². The van der Waals surface area contributed by atoms with Crippen molar-refractivity contribution >= 4 is 22.3 Å². The molecule has 3 heterocycles. The van der Waals surface area contributed by atoms with Crippen LogP contribution in [0.15, 0.2) is 22.4 Å². The van der Waals surface area contributed by atoms with Gasteiger partial charge in [-0.3, -0.25) is 18.9 Å². The van der Waals surface area contributed by atoms with Crippen molar-refractivity contribution in [3.05, 3.63) is 33.7 Å². The Kier molecular flexibility index (Phi) is 3.08. The van der Waals surface area contributed by atoms with E-state index in [0.717, 1.165) is 6.54 Å². The van der Waals surface area contributed by atoms with Crippen LogP contribution in [0.2, 0.25) is 0 Å². The van der Waals surface area contributed by atoms with Gasteiger partial charge in [-0.2, -0.15) is 0 Å². The Hall–Kier alpha value is -1.73. The minimum atomic E-state index is -0.746. The van der Waals surface area contributed by atoms with Crippen LogP contribution in [-0.2, 0) is 11.3 Å². The molecule has 1 fully saturated rings. The molecule has 2 aromatic heterocycles. The third-order valence-corrected chi connectivity index (χ3v) is 4.12. The van der Waals surface area contributed by atoms with E-state index in [2.05, 4.69) is 4.98 Å². The Labute approximate surface area is 112 Å². The number of likely N-dealkylation sites (tertiary alicyclic amines) is 1. The third-order valence-electron chi connectivity index (χ3n) is 3.36. The normalized spacial score (nSPS) is 20.1. The molecule has 0 saturated carbocycles. The van der Waals surface area contributed by atoms with E-state index in [4.69, 9.17) is 5.11 Å². The van der Waals surface area contributed by atoms with Gasteiger partial charge in [-0.25, -0.2) is 4.98 Å². The zero-order chi connectivity index (χ0) is 13.4. The Morgan fingerprint density at radius 3 is 3.16 bits per heavy atom. The van der Waals surface area contributed by atoms with Crippen molar-refractivity contribution in [1.82, 2.24) is 14.3 Å². The molecular formula is C12H13N3O3S. The highest BCUT2D eigenvalue weighted by molar-refractivity contribution is 7.15. The molecule has 0 aliphatic carbocycles. The number of hydrogen-bond donors (Lipinski definition) is 1. The third kappa shape index (κ3) is 2.39. The summed E-state index contributed by atoms with van der Waals surface area (Å²) in [5.74, 6) is -1.05. The molecule has 19 heavy (non-hydrogen) atoms. The summed E-state index contributed by atoms with van der Waals surface area (Å²) in [4.78, 5) is 29.9. The van der Waals surface area contributed by atoms with Crippen molar-refractivity contribution in [3.8, 4) is 0 Å². The molecule has 0 radical (unpaired) electrons. The molecule has 0 spiro atoms. The van der Waals surface area contributed by atoms with E-state index in [0.29, 0.717) is 30.2 Å². The first-order valence-corrected chi connectivity index (χ1v) is 6.92. The maximum Gasteiger partial charge on any atom is 0.307 e. The van der Waals surface area contributed by atoms with Crippen LogP contribution < -0.4 is 5.56 Å². The Balaban J connectivity index is 1.79. The Morgan fingerprint density at radius 1 is 1.58 bits per heavy atom. The summed E-state index contributed by atoms with van der Waals surface area (Å²) in [6, 6.07) is 1.52. The number of carboxylic acid groups (broad SMARTS) is 1. The summed E-state index contributed by atoms with van der Waals surface area (Å²) in [7, 11) is 0. The molecule has 2 aromatic rings. The fraction of sp³-hybridized carbons (Fsp3) is 0.417. The second kappa shape index (κ2) is 4.75. The SMILES string of the molecule is O=C(O)C1CCN(Cc2cc(=O)n3ccsc3n2)C1. The Morgan fingerprint density at radius 2 is 2.42 bits per heavy atom. The number of carbonyl (C=O) groups is 1. The molecule has 0 aromatic carbocycles. The molecule has 1 unspecified atom stereocenters. The van der Waals surface area contributed by atoms with Crippen LogP contribution in [0.25, 0.3) is 4.96 Å². The average molecular weight is 279 g/mol. The van der Waals surface area contributed by atoms with Gasteiger partial charge in [0.05, 0.1) is 11.6 Å². The number of nitrogens with zero attached hydrogens (tertiary/aromatic N) is 3. The van der Waals surface area contributed by atoms with Crippen molar-refractivity contribution < 1.29 is 9.90 Å². The van der Waals surface area contributed by atoms with Gasteiger partial charge < -0.3 is 5.11 Å². The van der Waals surface area contributed by atoms with Crippen LogP contribution in [0.5, 0.6) is 0 Å². The van der Waals surface area contributed by atoms with E-state index in [1.807, 2.05) is 10.3 Å². The number of aromatic nitrogens is 2. The minimum absolute atomic E-state index is 0.0877. The van der Waals surface area contributed by atoms with E-state index in [1.54, 1.807) is 6.20 Å². The Bertz CT molecular complexity index is 678. The van der Waals surface area contributed by atoms with Crippen molar-refractivity contribution in [2.24, 2.45) is 5.92 Å². The van der Waals surface area contributed by atoms with Crippen molar-refractivity contribution in [3.63, 3.8) is 0 Å². The van der Waals surface area contributed by atoms with Crippen molar-refractivity contribution in [1.29, 1.82) is 0 Å². The number of aliphatic carboxylic acids is 1. The maximum atomic E-state index is 11.8. The highest BCUT2D eigenvalue weighted by Gasteiger charge is 2.28. The van der Waals surface area contributed by atoms with Gasteiger partial charge in [0.25, 0.3) is 5.56 Å². The second-order valence-corrected chi connectivity index (χ2v) is 5.57. The zero-order valence-corrected chi connectivity index (χ0v) is 11.0. The van der Waals surface area contributed by atoms with E-state index in [9.17, 15) is 9.59 Å². The van der Waals surface area contributed by atoms with Crippen LogP contribution in [0.4, 0.5) is 0 Å². The largest absolute Gasteiger partial charge is 0.481 e. The highest BCUT2D eigenvalue weighted by atomic mass is 32.1. The monoisotopic (exact) mass is 279 g/mol. The molecule has 1 atom stereocenters. The van der Waals surface area contributed by atoms with E-state index >= 15 is 0 Å². The molecule has 6 nitrogen and oxygen atoms in total. The summed E-state index contributed by atoms with van der Waals surface area (Å²) in [5.41, 5.74) is 0.619. The number of thiazole rings is 1. The lowest BCUT2D eigenvalue weighted by Gasteiger charge is -2.14. The lowest BCUT2D eigenvalue weighted by atomic mass is 10.1. The first-order valence-electron chi connectivity index (χ1n) is 6.04. The van der Waals surface area contributed by atoms with E-state index < -0.39 is 5.97 Å². The number of rotatable bonds is 3. The smallest absolute Gasteiger partial charge is 0.307 e. The molecule has 1 aliphatic heterocycles.